The largest absolute Gasteiger partial charge is 0.497 e. The number of rotatable bonds is 6. The Morgan fingerprint density at radius 3 is 2.35 bits per heavy atom. The molecular weight excluding hydrogens is 231 g/mol. The van der Waals surface area contributed by atoms with Crippen molar-refractivity contribution in [2.75, 3.05) is 20.2 Å². The molecule has 0 amide bonds. The molecule has 0 saturated heterocycles. The van der Waals surface area contributed by atoms with Crippen molar-refractivity contribution in [3.63, 3.8) is 0 Å². The number of hydrogen-bond acceptors (Lipinski definition) is 2. The number of nitrogens with one attached hydrogen (secondary N) is 1. The molecule has 0 aromatic heterocycles. The molecule has 1 N–H and O–H groups in total. The van der Waals surface area contributed by atoms with Gasteiger partial charge in [-0.1, -0.05) is 12.1 Å². The maximum absolute atomic E-state index is 11.8. The van der Waals surface area contributed by atoms with Crippen molar-refractivity contribution in [2.45, 2.75) is 19.0 Å². The van der Waals surface area contributed by atoms with Crippen LogP contribution in [0.25, 0.3) is 0 Å². The molecule has 1 aromatic rings. The van der Waals surface area contributed by atoms with Gasteiger partial charge in [0.1, 0.15) is 5.75 Å². The first-order chi connectivity index (χ1) is 8.01. The van der Waals surface area contributed by atoms with Crippen LogP contribution in [0.1, 0.15) is 12.0 Å². The topological polar surface area (TPSA) is 21.3 Å². The lowest BCUT2D eigenvalue weighted by atomic mass is 10.1. The van der Waals surface area contributed by atoms with Gasteiger partial charge in [0.2, 0.25) is 0 Å². The molecule has 17 heavy (non-hydrogen) atoms. The zero-order valence-electron chi connectivity index (χ0n) is 9.68. The van der Waals surface area contributed by atoms with Crippen LogP contribution in [0.15, 0.2) is 24.3 Å². The minimum atomic E-state index is -4.12. The Morgan fingerprint density at radius 2 is 1.82 bits per heavy atom. The Hall–Kier alpha value is -1.23. The van der Waals surface area contributed by atoms with E-state index in [2.05, 4.69) is 5.32 Å². The van der Waals surface area contributed by atoms with E-state index < -0.39 is 12.7 Å². The minimum absolute atomic E-state index is 0.367. The monoisotopic (exact) mass is 247 g/mol. The third-order valence-corrected chi connectivity index (χ3v) is 2.30. The van der Waals surface area contributed by atoms with Gasteiger partial charge >= 0.3 is 6.18 Å². The Morgan fingerprint density at radius 1 is 1.18 bits per heavy atom. The van der Waals surface area contributed by atoms with Crippen LogP contribution in [-0.4, -0.2) is 26.4 Å². The molecular formula is C12H16F3NO. The summed E-state index contributed by atoms with van der Waals surface area (Å²) in [6, 6.07) is 7.53. The lowest BCUT2D eigenvalue weighted by Crippen LogP contribution is -2.29. The molecule has 0 spiro atoms. The van der Waals surface area contributed by atoms with Gasteiger partial charge in [0.15, 0.2) is 0 Å². The lowest BCUT2D eigenvalue weighted by Gasteiger charge is -2.08. The third-order valence-electron chi connectivity index (χ3n) is 2.30. The van der Waals surface area contributed by atoms with Crippen molar-refractivity contribution < 1.29 is 17.9 Å². The SMILES string of the molecule is COc1ccc(CCCNCC(F)(F)F)cc1. The van der Waals surface area contributed by atoms with E-state index in [0.29, 0.717) is 13.0 Å². The predicted octanol–water partition coefficient (Wildman–Crippen LogP) is 2.78. The maximum Gasteiger partial charge on any atom is 0.401 e. The van der Waals surface area contributed by atoms with Crippen LogP contribution in [0, 0.1) is 0 Å². The van der Waals surface area contributed by atoms with E-state index in [1.807, 2.05) is 24.3 Å². The number of aryl methyl sites for hydroxylation is 1. The number of methoxy groups -OCH3 is 1. The van der Waals surface area contributed by atoms with Crippen LogP contribution >= 0.6 is 0 Å². The predicted molar refractivity (Wildman–Crippen MR) is 60.2 cm³/mol. The van der Waals surface area contributed by atoms with Crippen molar-refractivity contribution in [3.8, 4) is 5.75 Å². The summed E-state index contributed by atoms with van der Waals surface area (Å²) < 4.78 is 40.5. The normalized spacial score (nSPS) is 11.5. The van der Waals surface area contributed by atoms with Gasteiger partial charge in [-0.2, -0.15) is 13.2 Å². The molecule has 0 aliphatic carbocycles. The summed E-state index contributed by atoms with van der Waals surface area (Å²) >= 11 is 0. The van der Waals surface area contributed by atoms with Crippen LogP contribution in [0.3, 0.4) is 0 Å². The highest BCUT2D eigenvalue weighted by molar-refractivity contribution is 5.27. The number of hydrogen-bond donors (Lipinski definition) is 1. The standard InChI is InChI=1S/C12H16F3NO/c1-17-11-6-4-10(5-7-11)3-2-8-16-9-12(13,14)15/h4-7,16H,2-3,8-9H2,1H3. The highest BCUT2D eigenvalue weighted by Gasteiger charge is 2.25. The van der Waals surface area contributed by atoms with E-state index in [0.717, 1.165) is 17.7 Å². The summed E-state index contributed by atoms with van der Waals surface area (Å²) in [5.41, 5.74) is 1.10. The second kappa shape index (κ2) is 6.49. The van der Waals surface area contributed by atoms with Crippen molar-refractivity contribution >= 4 is 0 Å². The lowest BCUT2D eigenvalue weighted by molar-refractivity contribution is -0.124. The molecule has 0 heterocycles. The quantitative estimate of drug-likeness (QED) is 0.780. The fraction of sp³-hybridized carbons (Fsp3) is 0.500. The first-order valence-corrected chi connectivity index (χ1v) is 5.41. The van der Waals surface area contributed by atoms with Crippen molar-refractivity contribution in [2.24, 2.45) is 0 Å². The highest BCUT2D eigenvalue weighted by atomic mass is 19.4. The average Bonchev–Trinajstić information content (AvgIpc) is 2.28. The minimum Gasteiger partial charge on any atom is -0.497 e. The number of alkyl halides is 3. The van der Waals surface area contributed by atoms with Gasteiger partial charge in [-0.25, -0.2) is 0 Å². The van der Waals surface area contributed by atoms with Gasteiger partial charge in [0, 0.05) is 0 Å². The van der Waals surface area contributed by atoms with Crippen molar-refractivity contribution in [1.82, 2.24) is 5.32 Å². The molecule has 1 aromatic carbocycles. The van der Waals surface area contributed by atoms with Crippen LogP contribution in [0.4, 0.5) is 13.2 Å². The maximum atomic E-state index is 11.8. The van der Waals surface area contributed by atoms with Crippen molar-refractivity contribution in [1.29, 1.82) is 0 Å². The van der Waals surface area contributed by atoms with E-state index in [4.69, 9.17) is 4.74 Å². The number of benzene rings is 1. The highest BCUT2D eigenvalue weighted by Crippen LogP contribution is 2.13. The molecule has 0 aliphatic heterocycles. The summed E-state index contributed by atoms with van der Waals surface area (Å²) in [5.74, 6) is 0.781. The summed E-state index contributed by atoms with van der Waals surface area (Å²) in [6.07, 6.45) is -2.68. The Kier molecular flexibility index (Phi) is 5.28. The van der Waals surface area contributed by atoms with E-state index in [1.165, 1.54) is 0 Å². The second-order valence-electron chi connectivity index (χ2n) is 3.74. The van der Waals surface area contributed by atoms with Crippen LogP contribution < -0.4 is 10.1 Å². The van der Waals surface area contributed by atoms with Gasteiger partial charge < -0.3 is 10.1 Å². The fourth-order valence-electron chi connectivity index (χ4n) is 1.44. The zero-order chi connectivity index (χ0) is 12.7. The second-order valence-corrected chi connectivity index (χ2v) is 3.74. The van der Waals surface area contributed by atoms with Crippen LogP contribution in [0.5, 0.6) is 5.75 Å². The molecule has 96 valence electrons. The molecule has 0 bridgehead atoms. The van der Waals surface area contributed by atoms with Crippen LogP contribution in [0.2, 0.25) is 0 Å². The Labute approximate surface area is 98.8 Å². The molecule has 0 saturated carbocycles. The van der Waals surface area contributed by atoms with Gasteiger partial charge in [-0.15, -0.1) is 0 Å². The smallest absolute Gasteiger partial charge is 0.401 e. The molecule has 0 aliphatic rings. The van der Waals surface area contributed by atoms with Gasteiger partial charge in [0.25, 0.3) is 0 Å². The van der Waals surface area contributed by atoms with E-state index in [-0.39, 0.29) is 0 Å². The summed E-state index contributed by atoms with van der Waals surface area (Å²) in [5, 5.41) is 2.37. The summed E-state index contributed by atoms with van der Waals surface area (Å²) in [7, 11) is 1.59. The molecule has 1 rings (SSSR count). The summed E-state index contributed by atoms with van der Waals surface area (Å²) in [4.78, 5) is 0. The Balaban J connectivity index is 2.18. The first kappa shape index (κ1) is 13.8. The molecule has 0 fully saturated rings. The van der Waals surface area contributed by atoms with Gasteiger partial charge in [-0.05, 0) is 37.1 Å². The van der Waals surface area contributed by atoms with E-state index >= 15 is 0 Å². The zero-order valence-corrected chi connectivity index (χ0v) is 9.68. The van der Waals surface area contributed by atoms with E-state index in [1.54, 1.807) is 7.11 Å². The summed E-state index contributed by atoms with van der Waals surface area (Å²) in [6.45, 7) is -0.554. The molecule has 0 unspecified atom stereocenters. The van der Waals surface area contributed by atoms with Gasteiger partial charge in [-0.3, -0.25) is 0 Å². The molecule has 0 atom stereocenters. The molecule has 2 nitrogen and oxygen atoms in total. The van der Waals surface area contributed by atoms with Crippen molar-refractivity contribution in [3.05, 3.63) is 29.8 Å². The fourth-order valence-corrected chi connectivity index (χ4v) is 1.44. The van der Waals surface area contributed by atoms with Crippen LogP contribution in [-0.2, 0) is 6.42 Å². The molecule has 5 heteroatoms. The van der Waals surface area contributed by atoms with Gasteiger partial charge in [0.05, 0.1) is 13.7 Å². The number of halogens is 3. The Bertz CT molecular complexity index is 322. The average molecular weight is 247 g/mol. The van der Waals surface area contributed by atoms with E-state index in [9.17, 15) is 13.2 Å². The molecule has 0 radical (unpaired) electrons. The number of ether oxygens (including phenoxy) is 1. The third kappa shape index (κ3) is 6.16. The first-order valence-electron chi connectivity index (χ1n) is 5.41.